The van der Waals surface area contributed by atoms with Crippen LogP contribution in [0.3, 0.4) is 0 Å². The molecule has 6 heteroatoms. The highest BCUT2D eigenvalue weighted by atomic mass is 19.4. The summed E-state index contributed by atoms with van der Waals surface area (Å²) in [5.74, 6) is 0. The lowest BCUT2D eigenvalue weighted by Crippen LogP contribution is -2.25. The summed E-state index contributed by atoms with van der Waals surface area (Å²) in [6, 6.07) is 9.53. The number of rotatable bonds is 1. The van der Waals surface area contributed by atoms with Crippen molar-refractivity contribution >= 4 is 11.6 Å². The Morgan fingerprint density at radius 1 is 1.19 bits per heavy atom. The maximum Gasteiger partial charge on any atom is 0.435 e. The fourth-order valence-corrected chi connectivity index (χ4v) is 2.64. The van der Waals surface area contributed by atoms with Crippen LogP contribution < -0.4 is 5.32 Å². The van der Waals surface area contributed by atoms with Crippen LogP contribution in [0.25, 0.3) is 11.6 Å². The first-order valence-electron chi connectivity index (χ1n) is 6.56. The van der Waals surface area contributed by atoms with E-state index in [9.17, 15) is 13.2 Å². The Morgan fingerprint density at radius 3 is 2.57 bits per heavy atom. The summed E-state index contributed by atoms with van der Waals surface area (Å²) in [7, 11) is 1.55. The van der Waals surface area contributed by atoms with Crippen molar-refractivity contribution in [3.63, 3.8) is 0 Å². The van der Waals surface area contributed by atoms with Gasteiger partial charge in [0.05, 0.1) is 5.69 Å². The summed E-state index contributed by atoms with van der Waals surface area (Å²) >= 11 is 0. The molecule has 1 N–H and O–H groups in total. The minimum atomic E-state index is -4.43. The third kappa shape index (κ3) is 2.58. The summed E-state index contributed by atoms with van der Waals surface area (Å²) in [6.45, 7) is 0.711. The molecule has 1 aromatic heterocycles. The monoisotopic (exact) mass is 293 g/mol. The van der Waals surface area contributed by atoms with E-state index in [0.717, 1.165) is 11.1 Å². The van der Waals surface area contributed by atoms with Gasteiger partial charge >= 0.3 is 6.18 Å². The van der Waals surface area contributed by atoms with Gasteiger partial charge in [0.15, 0.2) is 5.69 Å². The quantitative estimate of drug-likeness (QED) is 0.875. The van der Waals surface area contributed by atoms with E-state index in [1.54, 1.807) is 7.05 Å². The van der Waals surface area contributed by atoms with Crippen molar-refractivity contribution in [1.82, 2.24) is 15.1 Å². The molecule has 0 saturated carbocycles. The molecule has 0 aliphatic carbocycles. The molecule has 0 amide bonds. The van der Waals surface area contributed by atoms with Gasteiger partial charge < -0.3 is 5.32 Å². The number of hydrogen-bond donors (Lipinski definition) is 1. The van der Waals surface area contributed by atoms with Crippen LogP contribution in [0.4, 0.5) is 13.2 Å². The molecule has 21 heavy (non-hydrogen) atoms. The molecule has 110 valence electrons. The number of halogens is 3. The molecule has 0 fully saturated rings. The van der Waals surface area contributed by atoms with Crippen molar-refractivity contribution in [3.8, 4) is 0 Å². The number of aryl methyl sites for hydroxylation is 1. The Bertz CT molecular complexity index is 684. The lowest BCUT2D eigenvalue weighted by atomic mass is 9.99. The average molecular weight is 293 g/mol. The lowest BCUT2D eigenvalue weighted by molar-refractivity contribution is -0.142. The predicted octanol–water partition coefficient (Wildman–Crippen LogP) is 3.08. The second kappa shape index (κ2) is 5.04. The zero-order valence-corrected chi connectivity index (χ0v) is 11.4. The number of nitrogens with zero attached hydrogens (tertiary/aromatic N) is 2. The Kier molecular flexibility index (Phi) is 3.33. The van der Waals surface area contributed by atoms with Gasteiger partial charge in [-0.3, -0.25) is 4.68 Å². The van der Waals surface area contributed by atoms with Crippen LogP contribution >= 0.6 is 0 Å². The molecule has 0 unspecified atom stereocenters. The minimum Gasteiger partial charge on any atom is -0.308 e. The van der Waals surface area contributed by atoms with Gasteiger partial charge in [-0.15, -0.1) is 0 Å². The van der Waals surface area contributed by atoms with E-state index in [1.165, 1.54) is 4.68 Å². The van der Waals surface area contributed by atoms with Crippen molar-refractivity contribution in [2.45, 2.75) is 12.7 Å². The Morgan fingerprint density at radius 2 is 1.90 bits per heavy atom. The van der Waals surface area contributed by atoms with Crippen LogP contribution in [0.15, 0.2) is 30.3 Å². The molecule has 3 nitrogen and oxygen atoms in total. The average Bonchev–Trinajstić information content (AvgIpc) is 2.79. The second-order valence-corrected chi connectivity index (χ2v) is 4.98. The maximum atomic E-state index is 13.0. The van der Waals surface area contributed by atoms with Crippen molar-refractivity contribution < 1.29 is 13.2 Å². The molecular weight excluding hydrogens is 279 g/mol. The fraction of sp³-hybridized carbons (Fsp3) is 0.267. The number of hydrogen-bond acceptors (Lipinski definition) is 2. The topological polar surface area (TPSA) is 29.9 Å². The number of fused-ring (bicyclic) bond motifs is 1. The zero-order valence-electron chi connectivity index (χ0n) is 11.4. The zero-order chi connectivity index (χ0) is 15.0. The minimum absolute atomic E-state index is 0.185. The summed E-state index contributed by atoms with van der Waals surface area (Å²) < 4.78 is 40.4. The van der Waals surface area contributed by atoms with Gasteiger partial charge in [0, 0.05) is 25.7 Å². The molecule has 3 rings (SSSR count). The van der Waals surface area contributed by atoms with E-state index in [2.05, 4.69) is 10.4 Å². The van der Waals surface area contributed by atoms with Crippen LogP contribution in [-0.4, -0.2) is 16.3 Å². The van der Waals surface area contributed by atoms with Gasteiger partial charge in [0.2, 0.25) is 0 Å². The highest BCUT2D eigenvalue weighted by Crippen LogP contribution is 2.36. The van der Waals surface area contributed by atoms with Crippen molar-refractivity contribution in [3.05, 3.63) is 52.8 Å². The molecular formula is C15H14F3N3. The van der Waals surface area contributed by atoms with E-state index in [1.807, 2.05) is 36.4 Å². The molecule has 1 aliphatic rings. The molecule has 2 heterocycles. The predicted molar refractivity (Wildman–Crippen MR) is 74.2 cm³/mol. The van der Waals surface area contributed by atoms with Gasteiger partial charge in [0.25, 0.3) is 0 Å². The van der Waals surface area contributed by atoms with Crippen LogP contribution in [0.2, 0.25) is 0 Å². The molecule has 0 radical (unpaired) electrons. The van der Waals surface area contributed by atoms with E-state index in [-0.39, 0.29) is 12.1 Å². The Hall–Kier alpha value is -2.08. The van der Waals surface area contributed by atoms with E-state index in [0.29, 0.717) is 12.2 Å². The first-order chi connectivity index (χ1) is 9.97. The van der Waals surface area contributed by atoms with Gasteiger partial charge in [-0.1, -0.05) is 30.3 Å². The van der Waals surface area contributed by atoms with Gasteiger partial charge in [0.1, 0.15) is 0 Å². The fourth-order valence-electron chi connectivity index (χ4n) is 2.64. The number of alkyl halides is 3. The summed E-state index contributed by atoms with van der Waals surface area (Å²) in [5, 5.41) is 6.68. The molecule has 1 aliphatic heterocycles. The lowest BCUT2D eigenvalue weighted by Gasteiger charge is -2.18. The van der Waals surface area contributed by atoms with Gasteiger partial charge in [-0.05, 0) is 17.2 Å². The Labute approximate surface area is 120 Å². The second-order valence-electron chi connectivity index (χ2n) is 4.98. The smallest absolute Gasteiger partial charge is 0.308 e. The number of nitrogens with one attached hydrogen (secondary N) is 1. The molecule has 0 bridgehead atoms. The summed E-state index contributed by atoms with van der Waals surface area (Å²) in [4.78, 5) is 0. The van der Waals surface area contributed by atoms with Crippen molar-refractivity contribution in [1.29, 1.82) is 0 Å². The highest BCUT2D eigenvalue weighted by Gasteiger charge is 2.39. The summed E-state index contributed by atoms with van der Waals surface area (Å²) in [5.41, 5.74) is 1.75. The first kappa shape index (κ1) is 13.9. The third-order valence-corrected chi connectivity index (χ3v) is 3.48. The largest absolute Gasteiger partial charge is 0.435 e. The molecule has 2 aromatic rings. The van der Waals surface area contributed by atoms with Crippen LogP contribution in [0.5, 0.6) is 0 Å². The van der Waals surface area contributed by atoms with Crippen LogP contribution in [0.1, 0.15) is 22.5 Å². The normalized spacial score (nSPS) is 17.0. The van der Waals surface area contributed by atoms with Crippen LogP contribution in [0, 0.1) is 0 Å². The highest BCUT2D eigenvalue weighted by molar-refractivity contribution is 5.83. The van der Waals surface area contributed by atoms with Crippen molar-refractivity contribution in [2.75, 3.05) is 6.54 Å². The third-order valence-electron chi connectivity index (χ3n) is 3.48. The number of aromatic nitrogens is 2. The SMILES string of the molecule is Cn1nc(C(F)(F)F)c2c1/C(=C\c1ccccc1)CNC2. The van der Waals surface area contributed by atoms with Crippen LogP contribution in [-0.2, 0) is 19.8 Å². The van der Waals surface area contributed by atoms with E-state index < -0.39 is 11.9 Å². The van der Waals surface area contributed by atoms with Gasteiger partial charge in [-0.2, -0.15) is 18.3 Å². The Balaban J connectivity index is 2.11. The molecule has 1 aromatic carbocycles. The molecule has 0 spiro atoms. The van der Waals surface area contributed by atoms with Gasteiger partial charge in [-0.25, -0.2) is 0 Å². The first-order valence-corrected chi connectivity index (χ1v) is 6.56. The number of benzene rings is 1. The maximum absolute atomic E-state index is 13.0. The molecule has 0 atom stereocenters. The summed E-state index contributed by atoms with van der Waals surface area (Å²) in [6.07, 6.45) is -2.53. The van der Waals surface area contributed by atoms with E-state index in [4.69, 9.17) is 0 Å². The molecule has 0 saturated heterocycles. The van der Waals surface area contributed by atoms with Crippen molar-refractivity contribution in [2.24, 2.45) is 7.05 Å². The standard InChI is InChI=1S/C15H14F3N3/c1-21-13-11(7-10-5-3-2-4-6-10)8-19-9-12(13)14(20-21)15(16,17)18/h2-7,19H,8-9H2,1H3/b11-7-. The van der Waals surface area contributed by atoms with E-state index >= 15 is 0 Å².